The minimum absolute atomic E-state index is 0.204. The van der Waals surface area contributed by atoms with Crippen LogP contribution in [0.3, 0.4) is 0 Å². The zero-order valence-electron chi connectivity index (χ0n) is 10.9. The van der Waals surface area contributed by atoms with Gasteiger partial charge >= 0.3 is 0 Å². The molecule has 1 aromatic rings. The lowest BCUT2D eigenvalue weighted by molar-refractivity contribution is 0.407. The fourth-order valence-electron chi connectivity index (χ4n) is 1.45. The van der Waals surface area contributed by atoms with Crippen LogP contribution in [-0.2, 0) is 0 Å². The van der Waals surface area contributed by atoms with Gasteiger partial charge in [0.25, 0.3) is 0 Å². The molecule has 0 fully saturated rings. The van der Waals surface area contributed by atoms with E-state index in [-0.39, 0.29) is 5.75 Å². The average Bonchev–Trinajstić information content (AvgIpc) is 2.28. The highest BCUT2D eigenvalue weighted by Crippen LogP contribution is 2.23. The normalized spacial score (nSPS) is 11.9. The highest BCUT2D eigenvalue weighted by atomic mass is 16.5. The quantitative estimate of drug-likeness (QED) is 0.792. The molecule has 0 aromatic heterocycles. The van der Waals surface area contributed by atoms with E-state index in [2.05, 4.69) is 9.89 Å². The number of hydrogen-bond acceptors (Lipinski definition) is 4. The first-order valence-corrected chi connectivity index (χ1v) is 5.57. The third-order valence-corrected chi connectivity index (χ3v) is 2.49. The van der Waals surface area contributed by atoms with Crippen LogP contribution >= 0.6 is 0 Å². The van der Waals surface area contributed by atoms with Crippen LogP contribution in [0.4, 0.5) is 0 Å². The molecule has 0 bridgehead atoms. The van der Waals surface area contributed by atoms with E-state index in [1.165, 1.54) is 0 Å². The molecule has 0 radical (unpaired) electrons. The van der Waals surface area contributed by atoms with Crippen molar-refractivity contribution in [2.75, 3.05) is 34.3 Å². The predicted octanol–water partition coefficient (Wildman–Crippen LogP) is 1.77. The number of phenolic OH excluding ortho intramolecular Hbond substituents is 1. The molecule has 0 saturated carbocycles. The molecular weight excluding hydrogens is 216 g/mol. The van der Waals surface area contributed by atoms with Crippen LogP contribution in [0.5, 0.6) is 11.5 Å². The Hall–Kier alpha value is -1.55. The molecule has 0 aliphatic heterocycles. The van der Waals surface area contributed by atoms with Crippen LogP contribution in [0, 0.1) is 0 Å². The SMILES string of the molecule is COc1ccc(C(C)=NCCN(C)C)c(O)c1. The molecular formula is C13H20N2O2. The molecule has 0 heterocycles. The van der Waals surface area contributed by atoms with Gasteiger partial charge in [0.15, 0.2) is 0 Å². The maximum Gasteiger partial charge on any atom is 0.128 e. The summed E-state index contributed by atoms with van der Waals surface area (Å²) in [5, 5.41) is 9.83. The van der Waals surface area contributed by atoms with Gasteiger partial charge in [-0.05, 0) is 33.2 Å². The maximum absolute atomic E-state index is 9.83. The average molecular weight is 236 g/mol. The first kappa shape index (κ1) is 13.5. The Morgan fingerprint density at radius 3 is 2.65 bits per heavy atom. The highest BCUT2D eigenvalue weighted by Gasteiger charge is 2.05. The lowest BCUT2D eigenvalue weighted by Crippen LogP contribution is -2.16. The minimum atomic E-state index is 0.204. The molecule has 1 N–H and O–H groups in total. The van der Waals surface area contributed by atoms with Crippen molar-refractivity contribution in [3.63, 3.8) is 0 Å². The lowest BCUT2D eigenvalue weighted by atomic mass is 10.1. The monoisotopic (exact) mass is 236 g/mol. The van der Waals surface area contributed by atoms with Crippen LogP contribution in [0.2, 0.25) is 0 Å². The van der Waals surface area contributed by atoms with E-state index in [0.29, 0.717) is 5.75 Å². The van der Waals surface area contributed by atoms with Crippen molar-refractivity contribution in [2.24, 2.45) is 4.99 Å². The predicted molar refractivity (Wildman–Crippen MR) is 70.3 cm³/mol. The molecule has 0 aliphatic carbocycles. The van der Waals surface area contributed by atoms with E-state index in [9.17, 15) is 5.11 Å². The van der Waals surface area contributed by atoms with Crippen LogP contribution in [0.25, 0.3) is 0 Å². The van der Waals surface area contributed by atoms with Crippen LogP contribution in [0.15, 0.2) is 23.2 Å². The summed E-state index contributed by atoms with van der Waals surface area (Å²) in [7, 11) is 5.60. The van der Waals surface area contributed by atoms with Crippen molar-refractivity contribution in [2.45, 2.75) is 6.92 Å². The van der Waals surface area contributed by atoms with E-state index in [4.69, 9.17) is 4.74 Å². The van der Waals surface area contributed by atoms with Crippen molar-refractivity contribution in [1.29, 1.82) is 0 Å². The number of rotatable bonds is 5. The first-order valence-electron chi connectivity index (χ1n) is 5.57. The molecule has 4 heteroatoms. The van der Waals surface area contributed by atoms with E-state index in [0.717, 1.165) is 24.4 Å². The number of benzene rings is 1. The standard InChI is InChI=1S/C13H20N2O2/c1-10(14-7-8-15(2)3)12-6-5-11(17-4)9-13(12)16/h5-6,9,16H,7-8H2,1-4H3. The molecule has 4 nitrogen and oxygen atoms in total. The lowest BCUT2D eigenvalue weighted by Gasteiger charge is -2.09. The first-order chi connectivity index (χ1) is 8.04. The van der Waals surface area contributed by atoms with Gasteiger partial charge in [-0.3, -0.25) is 4.99 Å². The molecule has 1 aromatic carbocycles. The number of nitrogens with zero attached hydrogens (tertiary/aromatic N) is 2. The van der Waals surface area contributed by atoms with Gasteiger partial charge in [0.05, 0.1) is 13.7 Å². The van der Waals surface area contributed by atoms with Gasteiger partial charge < -0.3 is 14.7 Å². The van der Waals surface area contributed by atoms with Gasteiger partial charge in [-0.25, -0.2) is 0 Å². The highest BCUT2D eigenvalue weighted by molar-refractivity contribution is 6.01. The van der Waals surface area contributed by atoms with Gasteiger partial charge in [-0.1, -0.05) is 0 Å². The van der Waals surface area contributed by atoms with E-state index < -0.39 is 0 Å². The van der Waals surface area contributed by atoms with Crippen LogP contribution < -0.4 is 4.74 Å². The third-order valence-electron chi connectivity index (χ3n) is 2.49. The van der Waals surface area contributed by atoms with Gasteiger partial charge in [0, 0.05) is 23.9 Å². The largest absolute Gasteiger partial charge is 0.507 e. The molecule has 0 saturated heterocycles. The van der Waals surface area contributed by atoms with E-state index in [1.54, 1.807) is 13.2 Å². The zero-order chi connectivity index (χ0) is 12.8. The Balaban J connectivity index is 2.78. The zero-order valence-corrected chi connectivity index (χ0v) is 10.9. The molecule has 1 rings (SSSR count). The molecule has 0 amide bonds. The fraction of sp³-hybridized carbons (Fsp3) is 0.462. The second-order valence-corrected chi connectivity index (χ2v) is 4.15. The summed E-state index contributed by atoms with van der Waals surface area (Å²) < 4.78 is 5.04. The summed E-state index contributed by atoms with van der Waals surface area (Å²) in [4.78, 5) is 6.50. The van der Waals surface area contributed by atoms with Crippen LogP contribution in [-0.4, -0.2) is 50.0 Å². The number of methoxy groups -OCH3 is 1. The molecule has 0 spiro atoms. The van der Waals surface area contributed by atoms with E-state index >= 15 is 0 Å². The summed E-state index contributed by atoms with van der Waals surface area (Å²) in [5.74, 6) is 0.850. The number of likely N-dealkylation sites (N-methyl/N-ethyl adjacent to an activating group) is 1. The molecule has 0 aliphatic rings. The second-order valence-electron chi connectivity index (χ2n) is 4.15. The Morgan fingerprint density at radius 2 is 2.12 bits per heavy atom. The van der Waals surface area contributed by atoms with Crippen molar-refractivity contribution in [3.05, 3.63) is 23.8 Å². The topological polar surface area (TPSA) is 45.1 Å². The summed E-state index contributed by atoms with van der Waals surface area (Å²) in [6.07, 6.45) is 0. The number of hydrogen-bond donors (Lipinski definition) is 1. The summed E-state index contributed by atoms with van der Waals surface area (Å²) in [6.45, 7) is 3.52. The number of aliphatic imine (C=N–C) groups is 1. The van der Waals surface area contributed by atoms with Crippen molar-refractivity contribution in [3.8, 4) is 11.5 Å². The second kappa shape index (κ2) is 6.25. The number of aromatic hydroxyl groups is 1. The summed E-state index contributed by atoms with van der Waals surface area (Å²) >= 11 is 0. The number of ether oxygens (including phenoxy) is 1. The Bertz CT molecular complexity index is 400. The van der Waals surface area contributed by atoms with E-state index in [1.807, 2.05) is 33.2 Å². The molecule has 0 atom stereocenters. The smallest absolute Gasteiger partial charge is 0.128 e. The van der Waals surface area contributed by atoms with Gasteiger partial charge in [0.1, 0.15) is 11.5 Å². The maximum atomic E-state index is 9.83. The Labute approximate surface area is 103 Å². The minimum Gasteiger partial charge on any atom is -0.507 e. The summed E-state index contributed by atoms with van der Waals surface area (Å²) in [6, 6.07) is 5.24. The molecule has 17 heavy (non-hydrogen) atoms. The summed E-state index contributed by atoms with van der Waals surface area (Å²) in [5.41, 5.74) is 1.59. The third kappa shape index (κ3) is 4.07. The molecule has 94 valence electrons. The fourth-order valence-corrected chi connectivity index (χ4v) is 1.45. The van der Waals surface area contributed by atoms with Gasteiger partial charge in [0.2, 0.25) is 0 Å². The Morgan fingerprint density at radius 1 is 1.41 bits per heavy atom. The Kier molecular flexibility index (Phi) is 4.97. The number of phenols is 1. The van der Waals surface area contributed by atoms with Crippen molar-refractivity contribution < 1.29 is 9.84 Å². The van der Waals surface area contributed by atoms with Crippen molar-refractivity contribution >= 4 is 5.71 Å². The van der Waals surface area contributed by atoms with Gasteiger partial charge in [-0.2, -0.15) is 0 Å². The van der Waals surface area contributed by atoms with Crippen molar-refractivity contribution in [1.82, 2.24) is 4.90 Å². The molecule has 0 unspecified atom stereocenters. The van der Waals surface area contributed by atoms with Gasteiger partial charge in [-0.15, -0.1) is 0 Å². The van der Waals surface area contributed by atoms with Crippen LogP contribution in [0.1, 0.15) is 12.5 Å².